The van der Waals surface area contributed by atoms with E-state index in [-0.39, 0.29) is 12.4 Å². The Morgan fingerprint density at radius 2 is 1.79 bits per heavy atom. The van der Waals surface area contributed by atoms with Crippen LogP contribution >= 0.6 is 24.0 Å². The first kappa shape index (κ1) is 21.5. The van der Waals surface area contributed by atoms with Crippen molar-refractivity contribution in [2.75, 3.05) is 39.5 Å². The molecule has 4 nitrogen and oxygen atoms in total. The number of benzene rings is 1. The van der Waals surface area contributed by atoms with Crippen molar-refractivity contribution in [1.82, 2.24) is 4.90 Å². The standard InChI is InChI=1S/C18H28ClNO3.ClH/c1-14-9-15(2)11-20(10-14)12-17(21)13-22-7-8-23-18-5-3-16(19)4-6-18;/h3-6,14-15,17,21H,7-13H2,1-2H3;1H. The van der Waals surface area contributed by atoms with Crippen LogP contribution in [-0.4, -0.2) is 55.6 Å². The fourth-order valence-electron chi connectivity index (χ4n) is 3.26. The van der Waals surface area contributed by atoms with Crippen molar-refractivity contribution in [2.45, 2.75) is 26.4 Å². The molecule has 1 N–H and O–H groups in total. The third-order valence-corrected chi connectivity index (χ3v) is 4.29. The Kier molecular flexibility index (Phi) is 10.0. The Morgan fingerprint density at radius 1 is 1.17 bits per heavy atom. The normalized spacial score (nSPS) is 22.7. The van der Waals surface area contributed by atoms with Crippen molar-refractivity contribution < 1.29 is 14.6 Å². The molecule has 1 aromatic rings. The summed E-state index contributed by atoms with van der Waals surface area (Å²) in [6.07, 6.45) is 0.841. The van der Waals surface area contributed by atoms with Gasteiger partial charge in [-0.1, -0.05) is 25.4 Å². The van der Waals surface area contributed by atoms with Gasteiger partial charge in [0.2, 0.25) is 0 Å². The number of rotatable bonds is 8. The van der Waals surface area contributed by atoms with Gasteiger partial charge in [-0.2, -0.15) is 0 Å². The van der Waals surface area contributed by atoms with Gasteiger partial charge in [0.25, 0.3) is 0 Å². The number of likely N-dealkylation sites (tertiary alicyclic amines) is 1. The average molecular weight is 378 g/mol. The predicted molar refractivity (Wildman–Crippen MR) is 100 cm³/mol. The maximum atomic E-state index is 10.1. The minimum Gasteiger partial charge on any atom is -0.491 e. The van der Waals surface area contributed by atoms with Crippen LogP contribution in [0.5, 0.6) is 5.75 Å². The van der Waals surface area contributed by atoms with Crippen molar-refractivity contribution in [3.8, 4) is 5.75 Å². The van der Waals surface area contributed by atoms with Gasteiger partial charge in [-0.05, 0) is 42.5 Å². The zero-order valence-corrected chi connectivity index (χ0v) is 16.1. The van der Waals surface area contributed by atoms with Crippen molar-refractivity contribution in [2.24, 2.45) is 11.8 Å². The second kappa shape index (κ2) is 11.2. The molecule has 6 heteroatoms. The van der Waals surface area contributed by atoms with Crippen LogP contribution in [-0.2, 0) is 4.74 Å². The number of piperidine rings is 1. The number of nitrogens with zero attached hydrogens (tertiary/aromatic N) is 1. The molecule has 1 aromatic carbocycles. The van der Waals surface area contributed by atoms with Crippen LogP contribution in [0.1, 0.15) is 20.3 Å². The summed E-state index contributed by atoms with van der Waals surface area (Å²) in [6, 6.07) is 7.25. The smallest absolute Gasteiger partial charge is 0.119 e. The number of hydrogen-bond donors (Lipinski definition) is 1. The molecular weight excluding hydrogens is 349 g/mol. The molecule has 1 heterocycles. The van der Waals surface area contributed by atoms with Crippen molar-refractivity contribution in [3.63, 3.8) is 0 Å². The summed E-state index contributed by atoms with van der Waals surface area (Å²) in [5, 5.41) is 10.8. The highest BCUT2D eigenvalue weighted by molar-refractivity contribution is 6.30. The van der Waals surface area contributed by atoms with Gasteiger partial charge >= 0.3 is 0 Å². The Hall–Kier alpha value is -0.520. The topological polar surface area (TPSA) is 41.9 Å². The van der Waals surface area contributed by atoms with Gasteiger partial charge in [0, 0.05) is 24.7 Å². The Balaban J connectivity index is 0.00000288. The van der Waals surface area contributed by atoms with Gasteiger partial charge in [-0.3, -0.25) is 0 Å². The fourth-order valence-corrected chi connectivity index (χ4v) is 3.39. The second-order valence-electron chi connectivity index (χ2n) is 6.70. The van der Waals surface area contributed by atoms with Crippen LogP contribution in [0.25, 0.3) is 0 Å². The first-order valence-electron chi connectivity index (χ1n) is 8.39. The lowest BCUT2D eigenvalue weighted by atomic mass is 9.92. The summed E-state index contributed by atoms with van der Waals surface area (Å²) < 4.78 is 11.1. The lowest BCUT2D eigenvalue weighted by molar-refractivity contribution is -0.00211. The van der Waals surface area contributed by atoms with Gasteiger partial charge in [-0.15, -0.1) is 12.4 Å². The summed E-state index contributed by atoms with van der Waals surface area (Å²) in [7, 11) is 0. The van der Waals surface area contributed by atoms with Crippen LogP contribution in [0, 0.1) is 11.8 Å². The van der Waals surface area contributed by atoms with Crippen LogP contribution < -0.4 is 4.74 Å². The third-order valence-electron chi connectivity index (χ3n) is 4.03. The Bertz CT molecular complexity index is 448. The Morgan fingerprint density at radius 3 is 2.42 bits per heavy atom. The van der Waals surface area contributed by atoms with Crippen LogP contribution in [0.2, 0.25) is 5.02 Å². The molecule has 1 aliphatic heterocycles. The quantitative estimate of drug-likeness (QED) is 0.704. The minimum absolute atomic E-state index is 0. The summed E-state index contributed by atoms with van der Waals surface area (Å²) in [4.78, 5) is 2.34. The lowest BCUT2D eigenvalue weighted by Crippen LogP contribution is -2.43. The largest absolute Gasteiger partial charge is 0.491 e. The number of halogens is 2. The molecule has 0 spiro atoms. The van der Waals surface area contributed by atoms with Crippen LogP contribution in [0.4, 0.5) is 0 Å². The highest BCUT2D eigenvalue weighted by atomic mass is 35.5. The first-order valence-corrected chi connectivity index (χ1v) is 8.77. The van der Waals surface area contributed by atoms with E-state index in [0.717, 1.165) is 18.8 Å². The summed E-state index contributed by atoms with van der Waals surface area (Å²) in [6.45, 7) is 8.66. The predicted octanol–water partition coefficient (Wildman–Crippen LogP) is 3.50. The molecule has 0 aliphatic carbocycles. The Labute approximate surface area is 156 Å². The van der Waals surface area contributed by atoms with Crippen molar-refractivity contribution in [3.05, 3.63) is 29.3 Å². The molecule has 24 heavy (non-hydrogen) atoms. The number of ether oxygens (including phenoxy) is 2. The second-order valence-corrected chi connectivity index (χ2v) is 7.13. The van der Waals surface area contributed by atoms with E-state index in [9.17, 15) is 5.11 Å². The molecule has 138 valence electrons. The molecule has 2 rings (SSSR count). The van der Waals surface area contributed by atoms with Crippen molar-refractivity contribution >= 4 is 24.0 Å². The van der Waals surface area contributed by atoms with Crippen LogP contribution in [0.3, 0.4) is 0 Å². The SMILES string of the molecule is CC1CC(C)CN(CC(O)COCCOc2ccc(Cl)cc2)C1.Cl. The van der Waals surface area contributed by atoms with Gasteiger partial charge in [-0.25, -0.2) is 0 Å². The lowest BCUT2D eigenvalue weighted by Gasteiger charge is -2.35. The number of hydrogen-bond acceptors (Lipinski definition) is 4. The maximum absolute atomic E-state index is 10.1. The molecule has 0 saturated carbocycles. The molecule has 0 bridgehead atoms. The number of aliphatic hydroxyl groups is 1. The van der Waals surface area contributed by atoms with Crippen LogP contribution in [0.15, 0.2) is 24.3 Å². The fraction of sp³-hybridized carbons (Fsp3) is 0.667. The van der Waals surface area contributed by atoms with E-state index >= 15 is 0 Å². The molecule has 1 saturated heterocycles. The molecule has 1 aliphatic rings. The zero-order valence-electron chi connectivity index (χ0n) is 14.5. The van der Waals surface area contributed by atoms with E-state index in [1.165, 1.54) is 6.42 Å². The van der Waals surface area contributed by atoms with Gasteiger partial charge in [0.05, 0.1) is 19.3 Å². The van der Waals surface area contributed by atoms with E-state index in [2.05, 4.69) is 18.7 Å². The molecule has 3 unspecified atom stereocenters. The molecule has 3 atom stereocenters. The minimum atomic E-state index is -0.442. The molecule has 1 fully saturated rings. The zero-order chi connectivity index (χ0) is 16.7. The molecule has 0 amide bonds. The van der Waals surface area contributed by atoms with Crippen molar-refractivity contribution in [1.29, 1.82) is 0 Å². The number of β-amino-alcohol motifs (C(OH)–C–C–N with tert-alkyl or cyclic N) is 1. The molecule has 0 radical (unpaired) electrons. The molecule has 0 aromatic heterocycles. The first-order chi connectivity index (χ1) is 11.0. The van der Waals surface area contributed by atoms with E-state index in [4.69, 9.17) is 21.1 Å². The summed E-state index contributed by atoms with van der Waals surface area (Å²) in [5.41, 5.74) is 0. The van der Waals surface area contributed by atoms with Gasteiger partial charge in [0.1, 0.15) is 12.4 Å². The average Bonchev–Trinajstić information content (AvgIpc) is 2.47. The van der Waals surface area contributed by atoms with E-state index in [0.29, 0.717) is 43.2 Å². The van der Waals surface area contributed by atoms with E-state index in [1.807, 2.05) is 12.1 Å². The van der Waals surface area contributed by atoms with E-state index in [1.54, 1.807) is 12.1 Å². The highest BCUT2D eigenvalue weighted by Crippen LogP contribution is 2.21. The molecular formula is C18H29Cl2NO3. The van der Waals surface area contributed by atoms with Gasteiger partial charge in [0.15, 0.2) is 0 Å². The van der Waals surface area contributed by atoms with E-state index < -0.39 is 6.10 Å². The summed E-state index contributed by atoms with van der Waals surface area (Å²) >= 11 is 5.82. The highest BCUT2D eigenvalue weighted by Gasteiger charge is 2.23. The maximum Gasteiger partial charge on any atom is 0.119 e. The number of aliphatic hydroxyl groups excluding tert-OH is 1. The summed E-state index contributed by atoms with van der Waals surface area (Å²) in [5.74, 6) is 2.19. The third kappa shape index (κ3) is 8.04. The van der Waals surface area contributed by atoms with Gasteiger partial charge < -0.3 is 19.5 Å². The monoisotopic (exact) mass is 377 g/mol.